The standard InChI is InChI=1S/C66H44N2O/c1-2-17-48(18-3-1)54-23-4-5-24-56(54)57-25-6-10-30-61(57)67(52-21-15-20-50(44-52)55-29-16-34-65-66(55)60-28-9-13-33-64(60)69-65)51-41-39-46(40-42-51)45-35-37-47(38-36-45)49-19-14-22-53(43-49)68-62-31-11-7-26-58(62)59-27-8-12-32-63(59)68/h1-44H. The lowest BCUT2D eigenvalue weighted by atomic mass is 9.93. The first-order chi connectivity index (χ1) is 34.2. The lowest BCUT2D eigenvalue weighted by Gasteiger charge is -2.29. The van der Waals surface area contributed by atoms with E-state index in [9.17, 15) is 0 Å². The van der Waals surface area contributed by atoms with Gasteiger partial charge in [-0.15, -0.1) is 0 Å². The molecule has 69 heavy (non-hydrogen) atoms. The number of hydrogen-bond acceptors (Lipinski definition) is 2. The molecule has 2 heterocycles. The molecular formula is C66H44N2O. The Morgan fingerprint density at radius 2 is 0.812 bits per heavy atom. The van der Waals surface area contributed by atoms with E-state index in [0.717, 1.165) is 72.5 Å². The van der Waals surface area contributed by atoms with Crippen molar-refractivity contribution in [3.05, 3.63) is 267 Å². The second kappa shape index (κ2) is 16.9. The number of furan rings is 1. The molecule has 0 radical (unpaired) electrons. The van der Waals surface area contributed by atoms with E-state index in [1.54, 1.807) is 0 Å². The number of benzene rings is 11. The summed E-state index contributed by atoms with van der Waals surface area (Å²) in [7, 11) is 0. The van der Waals surface area contributed by atoms with Gasteiger partial charge in [0.15, 0.2) is 0 Å². The van der Waals surface area contributed by atoms with Crippen LogP contribution in [-0.2, 0) is 0 Å². The van der Waals surface area contributed by atoms with E-state index in [-0.39, 0.29) is 0 Å². The van der Waals surface area contributed by atoms with E-state index in [1.807, 2.05) is 12.1 Å². The largest absolute Gasteiger partial charge is 0.456 e. The van der Waals surface area contributed by atoms with Crippen LogP contribution in [0.5, 0.6) is 0 Å². The van der Waals surface area contributed by atoms with Crippen molar-refractivity contribution in [2.45, 2.75) is 0 Å². The van der Waals surface area contributed by atoms with Gasteiger partial charge < -0.3 is 13.9 Å². The minimum absolute atomic E-state index is 0.885. The second-order valence-electron chi connectivity index (χ2n) is 17.6. The minimum Gasteiger partial charge on any atom is -0.456 e. The molecule has 0 fully saturated rings. The van der Waals surface area contributed by atoms with Crippen LogP contribution in [0.15, 0.2) is 271 Å². The molecule has 0 spiro atoms. The van der Waals surface area contributed by atoms with Gasteiger partial charge in [0.05, 0.1) is 16.7 Å². The van der Waals surface area contributed by atoms with Crippen molar-refractivity contribution in [1.82, 2.24) is 4.57 Å². The van der Waals surface area contributed by atoms with Crippen molar-refractivity contribution in [3.63, 3.8) is 0 Å². The van der Waals surface area contributed by atoms with Gasteiger partial charge in [-0.05, 0) is 117 Å². The Morgan fingerprint density at radius 1 is 0.290 bits per heavy atom. The zero-order valence-electron chi connectivity index (χ0n) is 37.7. The Bertz CT molecular complexity index is 3960. The summed E-state index contributed by atoms with van der Waals surface area (Å²) in [6, 6.07) is 96.1. The third-order valence-corrected chi connectivity index (χ3v) is 13.6. The number of para-hydroxylation sites is 4. The summed E-state index contributed by atoms with van der Waals surface area (Å²) in [5.41, 5.74) is 20.2. The number of hydrogen-bond donors (Lipinski definition) is 0. The molecule has 0 saturated heterocycles. The summed E-state index contributed by atoms with van der Waals surface area (Å²) in [6.07, 6.45) is 0. The predicted molar refractivity (Wildman–Crippen MR) is 290 cm³/mol. The first-order valence-corrected chi connectivity index (χ1v) is 23.6. The van der Waals surface area contributed by atoms with Crippen LogP contribution in [0, 0.1) is 0 Å². The Balaban J connectivity index is 0.892. The molecule has 3 nitrogen and oxygen atoms in total. The Labute approximate surface area is 401 Å². The van der Waals surface area contributed by atoms with Gasteiger partial charge >= 0.3 is 0 Å². The molecule has 11 aromatic carbocycles. The topological polar surface area (TPSA) is 21.3 Å². The molecule has 2 aromatic heterocycles. The molecular weight excluding hydrogens is 837 g/mol. The number of fused-ring (bicyclic) bond motifs is 6. The maximum absolute atomic E-state index is 6.35. The number of aromatic nitrogens is 1. The normalized spacial score (nSPS) is 11.5. The van der Waals surface area contributed by atoms with Crippen molar-refractivity contribution in [2.75, 3.05) is 4.90 Å². The predicted octanol–water partition coefficient (Wildman–Crippen LogP) is 18.5. The smallest absolute Gasteiger partial charge is 0.136 e. The molecule has 13 rings (SSSR count). The molecule has 324 valence electrons. The first-order valence-electron chi connectivity index (χ1n) is 23.6. The molecule has 0 saturated carbocycles. The highest BCUT2D eigenvalue weighted by atomic mass is 16.3. The monoisotopic (exact) mass is 880 g/mol. The quantitative estimate of drug-likeness (QED) is 0.144. The zero-order chi connectivity index (χ0) is 45.7. The molecule has 0 amide bonds. The summed E-state index contributed by atoms with van der Waals surface area (Å²) >= 11 is 0. The first kappa shape index (κ1) is 40.1. The van der Waals surface area contributed by atoms with Crippen LogP contribution in [-0.4, -0.2) is 4.57 Å². The number of nitrogens with zero attached hydrogens (tertiary/aromatic N) is 2. The highest BCUT2D eigenvalue weighted by Gasteiger charge is 2.21. The van der Waals surface area contributed by atoms with Crippen LogP contribution in [0.3, 0.4) is 0 Å². The third-order valence-electron chi connectivity index (χ3n) is 13.6. The van der Waals surface area contributed by atoms with Gasteiger partial charge in [0.1, 0.15) is 11.2 Å². The van der Waals surface area contributed by atoms with Gasteiger partial charge in [-0.2, -0.15) is 0 Å². The molecule has 0 bridgehead atoms. The van der Waals surface area contributed by atoms with Crippen molar-refractivity contribution in [2.24, 2.45) is 0 Å². The molecule has 3 heteroatoms. The molecule has 13 aromatic rings. The maximum atomic E-state index is 6.35. The van der Waals surface area contributed by atoms with Crippen molar-refractivity contribution < 1.29 is 4.42 Å². The SMILES string of the molecule is c1ccc(-c2ccccc2-c2ccccc2N(c2ccc(-c3ccc(-c4cccc(-n5c6ccccc6c6ccccc65)c4)cc3)cc2)c2cccc(-c3cccc4oc5ccccc5c34)c2)cc1. The van der Waals surface area contributed by atoms with Gasteiger partial charge in [-0.1, -0.05) is 200 Å². The van der Waals surface area contributed by atoms with E-state index in [1.165, 1.54) is 49.6 Å². The third kappa shape index (κ3) is 7.08. The van der Waals surface area contributed by atoms with Crippen LogP contribution in [0.2, 0.25) is 0 Å². The van der Waals surface area contributed by atoms with Crippen LogP contribution in [0.25, 0.3) is 105 Å². The van der Waals surface area contributed by atoms with Gasteiger partial charge in [-0.3, -0.25) is 0 Å². The minimum atomic E-state index is 0.885. The molecule has 0 N–H and O–H groups in total. The lowest BCUT2D eigenvalue weighted by molar-refractivity contribution is 0.669. The van der Waals surface area contributed by atoms with Crippen LogP contribution >= 0.6 is 0 Å². The van der Waals surface area contributed by atoms with Gasteiger partial charge in [0.25, 0.3) is 0 Å². The summed E-state index contributed by atoms with van der Waals surface area (Å²) < 4.78 is 8.73. The maximum Gasteiger partial charge on any atom is 0.136 e. The summed E-state index contributed by atoms with van der Waals surface area (Å²) in [5, 5.41) is 4.77. The lowest BCUT2D eigenvalue weighted by Crippen LogP contribution is -2.11. The van der Waals surface area contributed by atoms with Crippen LogP contribution in [0.1, 0.15) is 0 Å². The number of anilines is 3. The fraction of sp³-hybridized carbons (Fsp3) is 0. The fourth-order valence-electron chi connectivity index (χ4n) is 10.4. The van der Waals surface area contributed by atoms with E-state index in [4.69, 9.17) is 4.42 Å². The van der Waals surface area contributed by atoms with Gasteiger partial charge in [0.2, 0.25) is 0 Å². The highest BCUT2D eigenvalue weighted by molar-refractivity contribution is 6.13. The molecule has 0 aliphatic rings. The van der Waals surface area contributed by atoms with Crippen molar-refractivity contribution >= 4 is 60.8 Å². The van der Waals surface area contributed by atoms with Crippen LogP contribution < -0.4 is 4.90 Å². The second-order valence-corrected chi connectivity index (χ2v) is 17.6. The Kier molecular flexibility index (Phi) is 9.84. The van der Waals surface area contributed by atoms with E-state index in [2.05, 4.69) is 264 Å². The highest BCUT2D eigenvalue weighted by Crippen LogP contribution is 2.46. The van der Waals surface area contributed by atoms with E-state index < -0.39 is 0 Å². The van der Waals surface area contributed by atoms with E-state index >= 15 is 0 Å². The van der Waals surface area contributed by atoms with Crippen LogP contribution in [0.4, 0.5) is 17.1 Å². The summed E-state index contributed by atoms with van der Waals surface area (Å²) in [5.74, 6) is 0. The fourth-order valence-corrected chi connectivity index (χ4v) is 10.4. The molecule has 0 unspecified atom stereocenters. The average molecular weight is 881 g/mol. The molecule has 0 aliphatic carbocycles. The molecule has 0 aliphatic heterocycles. The van der Waals surface area contributed by atoms with E-state index in [0.29, 0.717) is 0 Å². The Hall–Kier alpha value is -9.18. The van der Waals surface area contributed by atoms with Crippen molar-refractivity contribution in [1.29, 1.82) is 0 Å². The average Bonchev–Trinajstić information content (AvgIpc) is 3.98. The van der Waals surface area contributed by atoms with Crippen molar-refractivity contribution in [3.8, 4) is 61.3 Å². The molecule has 0 atom stereocenters. The Morgan fingerprint density at radius 3 is 1.57 bits per heavy atom. The summed E-state index contributed by atoms with van der Waals surface area (Å²) in [4.78, 5) is 2.41. The van der Waals surface area contributed by atoms with Gasteiger partial charge in [-0.25, -0.2) is 0 Å². The van der Waals surface area contributed by atoms with Gasteiger partial charge in [0, 0.05) is 44.2 Å². The summed E-state index contributed by atoms with van der Waals surface area (Å²) in [6.45, 7) is 0. The number of rotatable bonds is 9. The zero-order valence-corrected chi connectivity index (χ0v) is 37.7.